The van der Waals surface area contributed by atoms with E-state index in [9.17, 15) is 0 Å². The zero-order valence-corrected chi connectivity index (χ0v) is 11.6. The van der Waals surface area contributed by atoms with Gasteiger partial charge in [0.15, 0.2) is 0 Å². The molecular formula is C12H15Hf-3. The summed E-state index contributed by atoms with van der Waals surface area (Å²) in [6.07, 6.45) is 0. The summed E-state index contributed by atoms with van der Waals surface area (Å²) < 4.78 is 0. The van der Waals surface area contributed by atoms with E-state index in [0.717, 1.165) is 0 Å². The van der Waals surface area contributed by atoms with Gasteiger partial charge in [-0.15, -0.1) is 0 Å². The molecule has 0 N–H and O–H groups in total. The maximum atomic E-state index is 3.25. The first-order valence-electron chi connectivity index (χ1n) is 4.04. The third-order valence-electron chi connectivity index (χ3n) is 1.11. The molecule has 2 aromatic rings. The van der Waals surface area contributed by atoms with Crippen LogP contribution in [0.5, 0.6) is 0 Å². The van der Waals surface area contributed by atoms with Gasteiger partial charge in [-0.05, 0) is 0 Å². The Hall–Kier alpha value is -0.430. The van der Waals surface area contributed by atoms with Gasteiger partial charge >= 0.3 is 0 Å². The van der Waals surface area contributed by atoms with Gasteiger partial charge in [0.25, 0.3) is 0 Å². The molecule has 0 saturated heterocycles. The van der Waals surface area contributed by atoms with E-state index in [0.29, 0.717) is 0 Å². The van der Waals surface area contributed by atoms with Gasteiger partial charge < -0.3 is 6.92 Å². The van der Waals surface area contributed by atoms with E-state index < -0.39 is 0 Å². The molecule has 2 aromatic carbocycles. The summed E-state index contributed by atoms with van der Waals surface area (Å²) in [4.78, 5) is 0. The first-order chi connectivity index (χ1) is 6.00. The summed E-state index contributed by atoms with van der Waals surface area (Å²) in [5.74, 6) is 0. The van der Waals surface area contributed by atoms with Crippen LogP contribution >= 0.6 is 0 Å². The smallest absolute Gasteiger partial charge is 0 e. The van der Waals surface area contributed by atoms with Crippen LogP contribution in [0, 0.1) is 6.92 Å². The molecular weight excluding hydrogens is 323 g/mol. The second kappa shape index (κ2) is 14.1. The van der Waals surface area contributed by atoms with Gasteiger partial charge in [-0.2, -0.15) is 43.3 Å². The van der Waals surface area contributed by atoms with Crippen LogP contribution < -0.4 is 0 Å². The standard InChI is InChI=1S/2C5H5.C2H5.Hf/c2*1-2-4-5-3-1;1-2;/h2*1-5H;1H2,2H3;/q3*-1;. The SMILES string of the molecule is [CH2-]C.[Hf].c1cc[cH-]c1.c1cc[cH-]c1. The van der Waals surface area contributed by atoms with Crippen LogP contribution in [0.2, 0.25) is 0 Å². The van der Waals surface area contributed by atoms with E-state index >= 15 is 0 Å². The summed E-state index contributed by atoms with van der Waals surface area (Å²) in [5.41, 5.74) is 0. The normalized spacial score (nSPS) is 6.62. The second-order valence-electron chi connectivity index (χ2n) is 1.92. The Morgan fingerprint density at radius 1 is 0.692 bits per heavy atom. The molecule has 70 valence electrons. The number of rotatable bonds is 0. The molecule has 0 fully saturated rings. The molecule has 0 heterocycles. The predicted molar refractivity (Wildman–Crippen MR) is 55.1 cm³/mol. The fourth-order valence-corrected chi connectivity index (χ4v) is 0.642. The first kappa shape index (κ1) is 15.1. The molecule has 0 aliphatic carbocycles. The monoisotopic (exact) mass is 339 g/mol. The quantitative estimate of drug-likeness (QED) is 0.508. The van der Waals surface area contributed by atoms with Gasteiger partial charge in [-0.25, -0.2) is 24.3 Å². The molecule has 2 rings (SSSR count). The largest absolute Gasteiger partial charge is 0.346 e. The van der Waals surface area contributed by atoms with Gasteiger partial charge in [0.2, 0.25) is 0 Å². The minimum atomic E-state index is 0. The van der Waals surface area contributed by atoms with Crippen LogP contribution in [0.15, 0.2) is 60.7 Å². The van der Waals surface area contributed by atoms with E-state index in [1.807, 2.05) is 60.7 Å². The van der Waals surface area contributed by atoms with Gasteiger partial charge in [0, 0.05) is 25.8 Å². The Morgan fingerprint density at radius 2 is 0.923 bits per heavy atom. The van der Waals surface area contributed by atoms with Gasteiger partial charge in [-0.3, -0.25) is 0 Å². The van der Waals surface area contributed by atoms with E-state index in [2.05, 4.69) is 6.92 Å². The minimum absolute atomic E-state index is 0. The molecule has 0 aliphatic rings. The van der Waals surface area contributed by atoms with Crippen molar-refractivity contribution >= 4 is 0 Å². The summed E-state index contributed by atoms with van der Waals surface area (Å²) in [7, 11) is 0. The van der Waals surface area contributed by atoms with Crippen LogP contribution in [0.3, 0.4) is 0 Å². The van der Waals surface area contributed by atoms with Crippen LogP contribution in [-0.4, -0.2) is 0 Å². The van der Waals surface area contributed by atoms with Crippen molar-refractivity contribution in [2.45, 2.75) is 6.92 Å². The van der Waals surface area contributed by atoms with Crippen molar-refractivity contribution in [1.82, 2.24) is 0 Å². The molecule has 0 amide bonds. The molecule has 0 spiro atoms. The van der Waals surface area contributed by atoms with Crippen molar-refractivity contribution < 1.29 is 25.8 Å². The van der Waals surface area contributed by atoms with Crippen molar-refractivity contribution in [2.24, 2.45) is 0 Å². The van der Waals surface area contributed by atoms with Crippen LogP contribution in [0.25, 0.3) is 0 Å². The van der Waals surface area contributed by atoms with E-state index in [1.54, 1.807) is 6.92 Å². The van der Waals surface area contributed by atoms with Gasteiger partial charge in [0.05, 0.1) is 0 Å². The van der Waals surface area contributed by atoms with Crippen molar-refractivity contribution in [3.63, 3.8) is 0 Å². The predicted octanol–water partition coefficient (Wildman–Crippen LogP) is 3.65. The summed E-state index contributed by atoms with van der Waals surface area (Å²) in [6, 6.07) is 20.0. The molecule has 0 saturated carbocycles. The van der Waals surface area contributed by atoms with Crippen molar-refractivity contribution in [1.29, 1.82) is 0 Å². The maximum Gasteiger partial charge on any atom is 0 e. The second-order valence-corrected chi connectivity index (χ2v) is 1.92. The Balaban J connectivity index is 0. The number of hydrogen-bond donors (Lipinski definition) is 0. The first-order valence-corrected chi connectivity index (χ1v) is 4.04. The fourth-order valence-electron chi connectivity index (χ4n) is 0.642. The molecule has 13 heavy (non-hydrogen) atoms. The van der Waals surface area contributed by atoms with Crippen molar-refractivity contribution in [3.05, 3.63) is 67.6 Å². The molecule has 0 bridgehead atoms. The van der Waals surface area contributed by atoms with E-state index in [-0.39, 0.29) is 25.8 Å². The van der Waals surface area contributed by atoms with E-state index in [4.69, 9.17) is 0 Å². The molecule has 0 atom stereocenters. The van der Waals surface area contributed by atoms with Gasteiger partial charge in [-0.1, -0.05) is 0 Å². The number of hydrogen-bond acceptors (Lipinski definition) is 0. The van der Waals surface area contributed by atoms with Crippen LogP contribution in [0.1, 0.15) is 6.92 Å². The molecule has 0 aromatic heterocycles. The third kappa shape index (κ3) is 11.6. The Bertz CT molecular complexity index is 144. The van der Waals surface area contributed by atoms with Crippen LogP contribution in [0.4, 0.5) is 0 Å². The topological polar surface area (TPSA) is 0 Å². The van der Waals surface area contributed by atoms with Crippen molar-refractivity contribution in [2.75, 3.05) is 0 Å². The Kier molecular flexibility index (Phi) is 16.4. The average molecular weight is 338 g/mol. The summed E-state index contributed by atoms with van der Waals surface area (Å²) in [5, 5.41) is 0. The third-order valence-corrected chi connectivity index (χ3v) is 1.11. The fraction of sp³-hybridized carbons (Fsp3) is 0.0833. The average Bonchev–Trinajstić information content (AvgIpc) is 2.87. The zero-order valence-electron chi connectivity index (χ0n) is 7.98. The Morgan fingerprint density at radius 3 is 1.00 bits per heavy atom. The molecule has 1 heteroatoms. The molecule has 0 aliphatic heterocycles. The molecule has 0 radical (unpaired) electrons. The maximum absolute atomic E-state index is 3.25. The van der Waals surface area contributed by atoms with Crippen LogP contribution in [-0.2, 0) is 25.8 Å². The Labute approximate surface area is 100 Å². The molecule has 0 nitrogen and oxygen atoms in total. The van der Waals surface area contributed by atoms with Gasteiger partial charge in [0.1, 0.15) is 0 Å². The zero-order chi connectivity index (χ0) is 9.07. The van der Waals surface area contributed by atoms with Crippen molar-refractivity contribution in [3.8, 4) is 0 Å². The summed E-state index contributed by atoms with van der Waals surface area (Å²) >= 11 is 0. The molecule has 0 unspecified atom stereocenters. The summed E-state index contributed by atoms with van der Waals surface area (Å²) in [6.45, 7) is 5.00. The minimum Gasteiger partial charge on any atom is -0.346 e. The van der Waals surface area contributed by atoms with E-state index in [1.165, 1.54) is 0 Å².